The van der Waals surface area contributed by atoms with Crippen LogP contribution in [0.25, 0.3) is 0 Å². The number of carboxylic acid groups (broad SMARTS) is 1. The van der Waals surface area contributed by atoms with Crippen molar-refractivity contribution in [1.82, 2.24) is 4.90 Å². The second-order valence-electron chi connectivity index (χ2n) is 5.68. The summed E-state index contributed by atoms with van der Waals surface area (Å²) in [6.07, 6.45) is 2.45. The normalized spacial score (nSPS) is 17.5. The van der Waals surface area contributed by atoms with E-state index in [1.807, 2.05) is 6.92 Å². The van der Waals surface area contributed by atoms with Crippen LogP contribution in [0.3, 0.4) is 0 Å². The average Bonchev–Trinajstić information content (AvgIpc) is 2.47. The maximum atomic E-state index is 12.4. The Bertz CT molecular complexity index is 533. The highest BCUT2D eigenvalue weighted by atomic mass is 16.4. The molecule has 0 spiro atoms. The summed E-state index contributed by atoms with van der Waals surface area (Å²) in [5, 5.41) is 18.9. The van der Waals surface area contributed by atoms with E-state index in [1.165, 1.54) is 12.1 Å². The number of benzene rings is 1. The summed E-state index contributed by atoms with van der Waals surface area (Å²) in [6.45, 7) is 2.87. The van der Waals surface area contributed by atoms with Crippen molar-refractivity contribution in [3.63, 3.8) is 0 Å². The molecule has 2 rings (SSSR count). The minimum Gasteiger partial charge on any atom is -0.508 e. The number of hydrogen-bond donors (Lipinski definition) is 2. The van der Waals surface area contributed by atoms with Gasteiger partial charge in [-0.15, -0.1) is 0 Å². The first-order chi connectivity index (χ1) is 9.98. The number of aliphatic carboxylic acids is 1. The lowest BCUT2D eigenvalue weighted by Gasteiger charge is -2.38. The highest BCUT2D eigenvalue weighted by Gasteiger charge is 2.41. The van der Waals surface area contributed by atoms with Crippen LogP contribution in [0, 0.1) is 5.41 Å². The molecule has 1 heterocycles. The van der Waals surface area contributed by atoms with E-state index in [2.05, 4.69) is 0 Å². The molecule has 114 valence electrons. The summed E-state index contributed by atoms with van der Waals surface area (Å²) in [5.41, 5.74) is -0.252. The SMILES string of the molecule is CCCC1(C(=O)O)CCN(C(=O)c2cccc(O)c2)CC1. The van der Waals surface area contributed by atoms with Crippen molar-refractivity contribution in [2.75, 3.05) is 13.1 Å². The van der Waals surface area contributed by atoms with Gasteiger partial charge in [-0.2, -0.15) is 0 Å². The second-order valence-corrected chi connectivity index (χ2v) is 5.68. The predicted molar refractivity (Wildman–Crippen MR) is 78.2 cm³/mol. The van der Waals surface area contributed by atoms with Gasteiger partial charge >= 0.3 is 5.97 Å². The summed E-state index contributed by atoms with van der Waals surface area (Å²) in [5.74, 6) is -0.848. The number of likely N-dealkylation sites (tertiary alicyclic amines) is 1. The lowest BCUT2D eigenvalue weighted by atomic mass is 9.75. The summed E-state index contributed by atoms with van der Waals surface area (Å²) in [7, 11) is 0. The fourth-order valence-corrected chi connectivity index (χ4v) is 3.01. The Morgan fingerprint density at radius 3 is 2.48 bits per heavy atom. The van der Waals surface area contributed by atoms with Crippen LogP contribution in [0.4, 0.5) is 0 Å². The van der Waals surface area contributed by atoms with Crippen molar-refractivity contribution in [2.45, 2.75) is 32.6 Å². The van der Waals surface area contributed by atoms with E-state index in [0.717, 1.165) is 6.42 Å². The van der Waals surface area contributed by atoms with E-state index < -0.39 is 11.4 Å². The van der Waals surface area contributed by atoms with Crippen molar-refractivity contribution >= 4 is 11.9 Å². The van der Waals surface area contributed by atoms with Crippen LogP contribution in [0.5, 0.6) is 5.75 Å². The quantitative estimate of drug-likeness (QED) is 0.893. The van der Waals surface area contributed by atoms with E-state index in [1.54, 1.807) is 17.0 Å². The predicted octanol–water partition coefficient (Wildman–Crippen LogP) is 2.50. The van der Waals surface area contributed by atoms with Gasteiger partial charge < -0.3 is 15.1 Å². The third-order valence-corrected chi connectivity index (χ3v) is 4.28. The zero-order chi connectivity index (χ0) is 15.5. The third kappa shape index (κ3) is 3.17. The van der Waals surface area contributed by atoms with E-state index in [4.69, 9.17) is 0 Å². The van der Waals surface area contributed by atoms with Gasteiger partial charge in [0.25, 0.3) is 5.91 Å². The first kappa shape index (κ1) is 15.4. The van der Waals surface area contributed by atoms with Crippen LogP contribution in [-0.2, 0) is 4.79 Å². The number of aromatic hydroxyl groups is 1. The number of piperidine rings is 1. The van der Waals surface area contributed by atoms with E-state index in [9.17, 15) is 19.8 Å². The molecule has 1 aliphatic rings. The molecule has 0 unspecified atom stereocenters. The number of hydrogen-bond acceptors (Lipinski definition) is 3. The molecule has 5 nitrogen and oxygen atoms in total. The van der Waals surface area contributed by atoms with Gasteiger partial charge in [0.05, 0.1) is 5.41 Å². The molecular weight excluding hydrogens is 270 g/mol. The first-order valence-electron chi connectivity index (χ1n) is 7.30. The Hall–Kier alpha value is -2.04. The third-order valence-electron chi connectivity index (χ3n) is 4.28. The number of carbonyl (C=O) groups is 2. The maximum Gasteiger partial charge on any atom is 0.309 e. The summed E-state index contributed by atoms with van der Waals surface area (Å²) >= 11 is 0. The number of phenolic OH excluding ortho intramolecular Hbond substituents is 1. The average molecular weight is 291 g/mol. The largest absolute Gasteiger partial charge is 0.508 e. The Kier molecular flexibility index (Phi) is 4.50. The molecule has 2 N–H and O–H groups in total. The molecule has 0 bridgehead atoms. The van der Waals surface area contributed by atoms with E-state index in [-0.39, 0.29) is 11.7 Å². The highest BCUT2D eigenvalue weighted by molar-refractivity contribution is 5.94. The standard InChI is InChI=1S/C16H21NO4/c1-2-6-16(15(20)21)7-9-17(10-8-16)14(19)12-4-3-5-13(18)11-12/h3-5,11,18H,2,6-10H2,1H3,(H,20,21). The fourth-order valence-electron chi connectivity index (χ4n) is 3.01. The van der Waals surface area contributed by atoms with Crippen molar-refractivity contribution in [3.8, 4) is 5.75 Å². The summed E-state index contributed by atoms with van der Waals surface area (Å²) in [6, 6.07) is 6.25. The Labute approximate surface area is 124 Å². The Balaban J connectivity index is 2.06. The highest BCUT2D eigenvalue weighted by Crippen LogP contribution is 2.36. The van der Waals surface area contributed by atoms with Gasteiger partial charge in [0.15, 0.2) is 0 Å². The minimum absolute atomic E-state index is 0.0590. The zero-order valence-electron chi connectivity index (χ0n) is 12.2. The maximum absolute atomic E-state index is 12.4. The molecule has 0 radical (unpaired) electrons. The summed E-state index contributed by atoms with van der Waals surface area (Å²) < 4.78 is 0. The molecule has 0 aromatic heterocycles. The van der Waals surface area contributed by atoms with Gasteiger partial charge in [-0.25, -0.2) is 0 Å². The topological polar surface area (TPSA) is 77.8 Å². The number of phenols is 1. The smallest absolute Gasteiger partial charge is 0.309 e. The van der Waals surface area contributed by atoms with Crippen LogP contribution in [0.2, 0.25) is 0 Å². The number of carbonyl (C=O) groups excluding carboxylic acids is 1. The van der Waals surface area contributed by atoms with Gasteiger partial charge in [-0.05, 0) is 37.5 Å². The Morgan fingerprint density at radius 1 is 1.29 bits per heavy atom. The Morgan fingerprint density at radius 2 is 1.95 bits per heavy atom. The molecule has 0 atom stereocenters. The van der Waals surface area contributed by atoms with Crippen molar-refractivity contribution < 1.29 is 19.8 Å². The molecule has 1 aromatic carbocycles. The van der Waals surface area contributed by atoms with Crippen LogP contribution >= 0.6 is 0 Å². The number of carboxylic acids is 1. The fraction of sp³-hybridized carbons (Fsp3) is 0.500. The van der Waals surface area contributed by atoms with Gasteiger partial charge in [0.2, 0.25) is 0 Å². The zero-order valence-corrected chi connectivity index (χ0v) is 12.2. The lowest BCUT2D eigenvalue weighted by molar-refractivity contribution is -0.152. The van der Waals surface area contributed by atoms with Crippen molar-refractivity contribution in [3.05, 3.63) is 29.8 Å². The second kappa shape index (κ2) is 6.16. The summed E-state index contributed by atoms with van der Waals surface area (Å²) in [4.78, 5) is 25.6. The number of rotatable bonds is 4. The molecule has 0 aliphatic carbocycles. The van der Waals surface area contributed by atoms with Gasteiger partial charge in [-0.3, -0.25) is 9.59 Å². The van der Waals surface area contributed by atoms with Crippen molar-refractivity contribution in [2.24, 2.45) is 5.41 Å². The molecular formula is C16H21NO4. The number of nitrogens with zero attached hydrogens (tertiary/aromatic N) is 1. The first-order valence-corrected chi connectivity index (χ1v) is 7.30. The van der Waals surface area contributed by atoms with Gasteiger partial charge in [0.1, 0.15) is 5.75 Å². The molecule has 0 saturated carbocycles. The van der Waals surface area contributed by atoms with E-state index in [0.29, 0.717) is 37.9 Å². The molecule has 1 aliphatic heterocycles. The molecule has 21 heavy (non-hydrogen) atoms. The minimum atomic E-state index is -0.756. The van der Waals surface area contributed by atoms with Crippen LogP contribution in [0.15, 0.2) is 24.3 Å². The molecule has 1 amide bonds. The van der Waals surface area contributed by atoms with E-state index >= 15 is 0 Å². The molecule has 1 fully saturated rings. The number of amides is 1. The lowest BCUT2D eigenvalue weighted by Crippen LogP contribution is -2.46. The molecule has 1 aromatic rings. The monoisotopic (exact) mass is 291 g/mol. The van der Waals surface area contributed by atoms with Crippen LogP contribution < -0.4 is 0 Å². The van der Waals surface area contributed by atoms with Crippen LogP contribution in [0.1, 0.15) is 43.0 Å². The van der Waals surface area contributed by atoms with Gasteiger partial charge in [-0.1, -0.05) is 19.4 Å². The van der Waals surface area contributed by atoms with Crippen LogP contribution in [-0.4, -0.2) is 40.1 Å². The van der Waals surface area contributed by atoms with Gasteiger partial charge in [0, 0.05) is 18.7 Å². The molecule has 5 heteroatoms. The molecule has 1 saturated heterocycles. The van der Waals surface area contributed by atoms with Crippen molar-refractivity contribution in [1.29, 1.82) is 0 Å².